The summed E-state index contributed by atoms with van der Waals surface area (Å²) in [5.74, 6) is 1.07. The number of imidazole rings is 1. The van der Waals surface area contributed by atoms with Gasteiger partial charge < -0.3 is 24.9 Å². The van der Waals surface area contributed by atoms with Crippen molar-refractivity contribution in [2.24, 2.45) is 0 Å². The molecule has 0 atom stereocenters. The summed E-state index contributed by atoms with van der Waals surface area (Å²) in [6.45, 7) is 4.34. The smallest absolute Gasteiger partial charge is 0.152 e. The third kappa shape index (κ3) is 3.00. The Bertz CT molecular complexity index is 933. The van der Waals surface area contributed by atoms with Crippen molar-refractivity contribution in [2.45, 2.75) is 38.5 Å². The van der Waals surface area contributed by atoms with Crippen molar-refractivity contribution >= 4 is 27.9 Å². The second-order valence-corrected chi connectivity index (χ2v) is 6.65. The molecular formula is C18H23N5O3. The summed E-state index contributed by atoms with van der Waals surface area (Å²) >= 11 is 0. The first-order chi connectivity index (χ1) is 12.6. The van der Waals surface area contributed by atoms with Gasteiger partial charge in [0.1, 0.15) is 29.0 Å². The van der Waals surface area contributed by atoms with Gasteiger partial charge in [-0.05, 0) is 19.1 Å². The first-order valence-electron chi connectivity index (χ1n) is 8.88. The van der Waals surface area contributed by atoms with E-state index in [1.54, 1.807) is 6.20 Å². The van der Waals surface area contributed by atoms with Crippen molar-refractivity contribution in [2.75, 3.05) is 25.6 Å². The van der Waals surface area contributed by atoms with E-state index < -0.39 is 5.60 Å². The molecule has 0 radical (unpaired) electrons. The molecule has 0 aliphatic carbocycles. The SMILES string of the molecule is CCOCc1nc2c(N)nc3cccnc3c2n1CC1(O)CCOCC1. The van der Waals surface area contributed by atoms with Crippen LogP contribution in [-0.2, 0) is 22.6 Å². The van der Waals surface area contributed by atoms with Gasteiger partial charge in [0.05, 0.1) is 17.7 Å². The number of hydrogen-bond donors (Lipinski definition) is 2. The number of nitrogens with zero attached hydrogens (tertiary/aromatic N) is 4. The third-order valence-corrected chi connectivity index (χ3v) is 4.85. The molecule has 8 nitrogen and oxygen atoms in total. The van der Waals surface area contributed by atoms with Gasteiger partial charge in [-0.1, -0.05) is 0 Å². The Hall–Kier alpha value is -2.29. The van der Waals surface area contributed by atoms with Crippen molar-refractivity contribution in [3.05, 3.63) is 24.2 Å². The molecule has 1 saturated heterocycles. The first kappa shape index (κ1) is 17.1. The highest BCUT2D eigenvalue weighted by Crippen LogP contribution is 2.31. The lowest BCUT2D eigenvalue weighted by atomic mass is 9.94. The van der Waals surface area contributed by atoms with E-state index in [4.69, 9.17) is 15.2 Å². The van der Waals surface area contributed by atoms with Gasteiger partial charge in [0, 0.05) is 38.9 Å². The predicted octanol–water partition coefficient (Wildman–Crippen LogP) is 1.64. The van der Waals surface area contributed by atoms with Gasteiger partial charge in [0.25, 0.3) is 0 Å². The van der Waals surface area contributed by atoms with Crippen LogP contribution in [0.3, 0.4) is 0 Å². The largest absolute Gasteiger partial charge is 0.388 e. The lowest BCUT2D eigenvalue weighted by Gasteiger charge is -2.33. The van der Waals surface area contributed by atoms with E-state index in [9.17, 15) is 5.11 Å². The van der Waals surface area contributed by atoms with Gasteiger partial charge in [-0.3, -0.25) is 4.98 Å². The molecule has 3 aromatic heterocycles. The number of aliphatic hydroxyl groups is 1. The number of aromatic nitrogens is 4. The average Bonchev–Trinajstić information content (AvgIpc) is 2.99. The second-order valence-electron chi connectivity index (χ2n) is 6.65. The van der Waals surface area contributed by atoms with E-state index >= 15 is 0 Å². The fraction of sp³-hybridized carbons (Fsp3) is 0.500. The maximum absolute atomic E-state index is 11.1. The molecule has 0 unspecified atom stereocenters. The summed E-state index contributed by atoms with van der Waals surface area (Å²) < 4.78 is 13.0. The Morgan fingerprint density at radius 1 is 1.31 bits per heavy atom. The molecule has 0 spiro atoms. The van der Waals surface area contributed by atoms with Gasteiger partial charge in [-0.15, -0.1) is 0 Å². The minimum atomic E-state index is -0.855. The van der Waals surface area contributed by atoms with Crippen LogP contribution in [0.5, 0.6) is 0 Å². The van der Waals surface area contributed by atoms with E-state index in [0.717, 1.165) is 11.0 Å². The molecule has 26 heavy (non-hydrogen) atoms. The minimum Gasteiger partial charge on any atom is -0.388 e. The number of rotatable bonds is 5. The maximum atomic E-state index is 11.1. The Balaban J connectivity index is 1.91. The predicted molar refractivity (Wildman–Crippen MR) is 97.6 cm³/mol. The Morgan fingerprint density at radius 3 is 2.88 bits per heavy atom. The lowest BCUT2D eigenvalue weighted by Crippen LogP contribution is -2.40. The number of nitrogens with two attached hydrogens (primary N) is 1. The molecular weight excluding hydrogens is 334 g/mol. The second kappa shape index (κ2) is 6.79. The molecule has 3 N–H and O–H groups in total. The van der Waals surface area contributed by atoms with Crippen LogP contribution in [0.25, 0.3) is 22.1 Å². The van der Waals surface area contributed by atoms with E-state index in [1.807, 2.05) is 23.6 Å². The zero-order valence-electron chi connectivity index (χ0n) is 14.8. The van der Waals surface area contributed by atoms with Crippen LogP contribution in [0.1, 0.15) is 25.6 Å². The van der Waals surface area contributed by atoms with Gasteiger partial charge >= 0.3 is 0 Å². The molecule has 1 aliphatic rings. The number of hydrogen-bond acceptors (Lipinski definition) is 7. The molecule has 3 aromatic rings. The molecule has 0 amide bonds. The topological polar surface area (TPSA) is 108 Å². The zero-order chi connectivity index (χ0) is 18.1. The van der Waals surface area contributed by atoms with Crippen LogP contribution in [0.2, 0.25) is 0 Å². The van der Waals surface area contributed by atoms with E-state index in [2.05, 4.69) is 15.0 Å². The molecule has 0 bridgehead atoms. The summed E-state index contributed by atoms with van der Waals surface area (Å²) in [4.78, 5) is 13.6. The highest BCUT2D eigenvalue weighted by atomic mass is 16.5. The van der Waals surface area contributed by atoms with Gasteiger partial charge in [0.2, 0.25) is 0 Å². The van der Waals surface area contributed by atoms with Crippen LogP contribution in [0, 0.1) is 0 Å². The standard InChI is InChI=1S/C18H23N5O3/c1-2-25-10-13-22-15-16(14-12(21-17(15)19)4-3-7-20-14)23(13)11-18(24)5-8-26-9-6-18/h3-4,7,24H,2,5-6,8-11H2,1H3,(H2,19,21). The highest BCUT2D eigenvalue weighted by molar-refractivity contribution is 6.04. The van der Waals surface area contributed by atoms with Crippen LogP contribution < -0.4 is 5.73 Å². The molecule has 1 fully saturated rings. The highest BCUT2D eigenvalue weighted by Gasteiger charge is 2.32. The molecule has 4 rings (SSSR count). The summed E-state index contributed by atoms with van der Waals surface area (Å²) in [5.41, 5.74) is 8.13. The Labute approximate surface area is 151 Å². The minimum absolute atomic E-state index is 0.339. The van der Waals surface area contributed by atoms with E-state index in [1.165, 1.54) is 0 Å². The van der Waals surface area contributed by atoms with Crippen molar-refractivity contribution in [1.29, 1.82) is 0 Å². The number of ether oxygens (including phenoxy) is 2. The molecule has 138 valence electrons. The van der Waals surface area contributed by atoms with Gasteiger partial charge in [-0.2, -0.15) is 0 Å². The quantitative estimate of drug-likeness (QED) is 0.714. The van der Waals surface area contributed by atoms with Crippen molar-refractivity contribution in [1.82, 2.24) is 19.5 Å². The fourth-order valence-electron chi connectivity index (χ4n) is 3.45. The Kier molecular flexibility index (Phi) is 4.47. The van der Waals surface area contributed by atoms with Crippen LogP contribution >= 0.6 is 0 Å². The molecule has 4 heterocycles. The molecule has 1 aliphatic heterocycles. The van der Waals surface area contributed by atoms with Crippen molar-refractivity contribution in [3.63, 3.8) is 0 Å². The van der Waals surface area contributed by atoms with Gasteiger partial charge in [0.15, 0.2) is 5.82 Å². The third-order valence-electron chi connectivity index (χ3n) is 4.85. The van der Waals surface area contributed by atoms with E-state index in [0.29, 0.717) is 68.5 Å². The normalized spacial score (nSPS) is 17.2. The van der Waals surface area contributed by atoms with E-state index in [-0.39, 0.29) is 0 Å². The monoisotopic (exact) mass is 357 g/mol. The summed E-state index contributed by atoms with van der Waals surface area (Å²) in [7, 11) is 0. The van der Waals surface area contributed by atoms with Crippen LogP contribution in [-0.4, -0.2) is 50.0 Å². The van der Waals surface area contributed by atoms with Crippen molar-refractivity contribution < 1.29 is 14.6 Å². The van der Waals surface area contributed by atoms with Crippen LogP contribution in [0.4, 0.5) is 5.82 Å². The Morgan fingerprint density at radius 2 is 2.12 bits per heavy atom. The van der Waals surface area contributed by atoms with Gasteiger partial charge in [-0.25, -0.2) is 9.97 Å². The number of nitrogen functional groups attached to an aromatic ring is 1. The summed E-state index contributed by atoms with van der Waals surface area (Å²) in [6, 6.07) is 3.70. The van der Waals surface area contributed by atoms with Crippen molar-refractivity contribution in [3.8, 4) is 0 Å². The molecule has 0 aromatic carbocycles. The molecule has 0 saturated carbocycles. The summed E-state index contributed by atoms with van der Waals surface area (Å²) in [6.07, 6.45) is 2.88. The lowest BCUT2D eigenvalue weighted by molar-refractivity contribution is -0.0730. The number of fused-ring (bicyclic) bond motifs is 3. The first-order valence-corrected chi connectivity index (χ1v) is 8.88. The fourth-order valence-corrected chi connectivity index (χ4v) is 3.45. The summed E-state index contributed by atoms with van der Waals surface area (Å²) in [5, 5.41) is 11.1. The molecule has 8 heteroatoms. The maximum Gasteiger partial charge on any atom is 0.152 e. The average molecular weight is 357 g/mol. The van der Waals surface area contributed by atoms with Crippen LogP contribution in [0.15, 0.2) is 18.3 Å². The number of anilines is 1. The zero-order valence-corrected chi connectivity index (χ0v) is 14.8. The number of pyridine rings is 2.